The van der Waals surface area contributed by atoms with Crippen molar-refractivity contribution >= 4 is 5.91 Å². The van der Waals surface area contributed by atoms with Crippen molar-refractivity contribution in [3.63, 3.8) is 0 Å². The molecule has 1 heterocycles. The Kier molecular flexibility index (Phi) is 4.00. The van der Waals surface area contributed by atoms with E-state index >= 15 is 0 Å². The van der Waals surface area contributed by atoms with Crippen molar-refractivity contribution in [1.82, 2.24) is 5.32 Å². The van der Waals surface area contributed by atoms with E-state index in [0.29, 0.717) is 30.3 Å². The van der Waals surface area contributed by atoms with Gasteiger partial charge in [-0.3, -0.25) is 4.79 Å². The van der Waals surface area contributed by atoms with Crippen molar-refractivity contribution in [3.8, 4) is 11.5 Å². The predicted octanol–water partition coefficient (Wildman–Crippen LogP) is 3.26. The second kappa shape index (κ2) is 6.10. The molecule has 0 saturated carbocycles. The predicted molar refractivity (Wildman–Crippen MR) is 84.5 cm³/mol. The number of hydrogen-bond donors (Lipinski definition) is 1. The molecule has 0 unspecified atom stereocenters. The van der Waals surface area contributed by atoms with Gasteiger partial charge >= 0.3 is 0 Å². The van der Waals surface area contributed by atoms with Crippen LogP contribution in [0.5, 0.6) is 11.5 Å². The first-order valence-corrected chi connectivity index (χ1v) is 7.40. The molecule has 114 valence electrons. The van der Waals surface area contributed by atoms with Gasteiger partial charge in [0.25, 0.3) is 5.91 Å². The number of ether oxygens (including phenoxy) is 2. The SMILES string of the molecule is Cc1ccc([C@@H](C)NC(=O)c2ccc3c(c2)OCCO3)cc1. The molecule has 0 aromatic heterocycles. The van der Waals surface area contributed by atoms with Crippen LogP contribution in [0.25, 0.3) is 0 Å². The minimum absolute atomic E-state index is 0.0544. The van der Waals surface area contributed by atoms with Gasteiger partial charge in [0.1, 0.15) is 13.2 Å². The molecule has 4 heteroatoms. The molecule has 22 heavy (non-hydrogen) atoms. The fraction of sp³-hybridized carbons (Fsp3) is 0.278. The molecule has 0 bridgehead atoms. The van der Waals surface area contributed by atoms with E-state index in [1.54, 1.807) is 18.2 Å². The molecule has 0 aliphatic carbocycles. The van der Waals surface area contributed by atoms with Gasteiger partial charge in [-0.05, 0) is 37.6 Å². The monoisotopic (exact) mass is 297 g/mol. The van der Waals surface area contributed by atoms with Crippen LogP contribution in [0.4, 0.5) is 0 Å². The van der Waals surface area contributed by atoms with Crippen molar-refractivity contribution in [2.24, 2.45) is 0 Å². The summed E-state index contributed by atoms with van der Waals surface area (Å²) in [5.74, 6) is 1.20. The summed E-state index contributed by atoms with van der Waals surface area (Å²) >= 11 is 0. The molecule has 1 amide bonds. The normalized spacial score (nSPS) is 14.3. The molecule has 2 aromatic carbocycles. The quantitative estimate of drug-likeness (QED) is 0.946. The summed E-state index contributed by atoms with van der Waals surface area (Å²) in [4.78, 5) is 12.4. The lowest BCUT2D eigenvalue weighted by Crippen LogP contribution is -2.27. The number of amides is 1. The lowest BCUT2D eigenvalue weighted by molar-refractivity contribution is 0.0938. The van der Waals surface area contributed by atoms with Gasteiger partial charge in [-0.1, -0.05) is 29.8 Å². The average Bonchev–Trinajstić information content (AvgIpc) is 2.55. The first kappa shape index (κ1) is 14.4. The molecule has 0 radical (unpaired) electrons. The maximum atomic E-state index is 12.4. The lowest BCUT2D eigenvalue weighted by atomic mass is 10.1. The van der Waals surface area contributed by atoms with Gasteiger partial charge in [0.05, 0.1) is 6.04 Å². The number of aryl methyl sites for hydroxylation is 1. The topological polar surface area (TPSA) is 47.6 Å². The molecule has 0 fully saturated rings. The van der Waals surface area contributed by atoms with Gasteiger partial charge in [0.2, 0.25) is 0 Å². The number of carbonyl (C=O) groups excluding carboxylic acids is 1. The van der Waals surface area contributed by atoms with Crippen LogP contribution in [0.1, 0.15) is 34.5 Å². The molecule has 1 aliphatic heterocycles. The van der Waals surface area contributed by atoms with Crippen LogP contribution in [-0.2, 0) is 0 Å². The summed E-state index contributed by atoms with van der Waals surface area (Å²) in [6, 6.07) is 13.4. The number of hydrogen-bond acceptors (Lipinski definition) is 3. The first-order valence-electron chi connectivity index (χ1n) is 7.40. The van der Waals surface area contributed by atoms with E-state index in [2.05, 4.69) is 5.32 Å². The molecular formula is C18H19NO3. The van der Waals surface area contributed by atoms with E-state index < -0.39 is 0 Å². The van der Waals surface area contributed by atoms with Crippen LogP contribution in [0.3, 0.4) is 0 Å². The Morgan fingerprint density at radius 3 is 2.45 bits per heavy atom. The molecule has 1 aliphatic rings. The third kappa shape index (κ3) is 3.06. The Hall–Kier alpha value is -2.49. The largest absolute Gasteiger partial charge is 0.486 e. The number of benzene rings is 2. The summed E-state index contributed by atoms with van der Waals surface area (Å²) < 4.78 is 11.0. The van der Waals surface area contributed by atoms with Crippen molar-refractivity contribution in [3.05, 3.63) is 59.2 Å². The summed E-state index contributed by atoms with van der Waals surface area (Å²) in [6.07, 6.45) is 0. The molecule has 1 N–H and O–H groups in total. The first-order chi connectivity index (χ1) is 10.6. The number of carbonyl (C=O) groups is 1. The van der Waals surface area contributed by atoms with E-state index in [4.69, 9.17) is 9.47 Å². The highest BCUT2D eigenvalue weighted by Gasteiger charge is 2.16. The Balaban J connectivity index is 1.72. The van der Waals surface area contributed by atoms with Gasteiger partial charge in [-0.2, -0.15) is 0 Å². The van der Waals surface area contributed by atoms with Gasteiger partial charge in [-0.15, -0.1) is 0 Å². The zero-order valence-electron chi connectivity index (χ0n) is 12.8. The summed E-state index contributed by atoms with van der Waals surface area (Å²) in [5.41, 5.74) is 2.86. The van der Waals surface area contributed by atoms with E-state index in [1.165, 1.54) is 5.56 Å². The molecular weight excluding hydrogens is 278 g/mol. The number of fused-ring (bicyclic) bond motifs is 1. The Bertz CT molecular complexity index is 679. The highest BCUT2D eigenvalue weighted by Crippen LogP contribution is 2.30. The van der Waals surface area contributed by atoms with Crippen LogP contribution in [0.2, 0.25) is 0 Å². The minimum Gasteiger partial charge on any atom is -0.486 e. The summed E-state index contributed by atoms with van der Waals surface area (Å²) in [5, 5.41) is 3.00. The van der Waals surface area contributed by atoms with Crippen LogP contribution in [-0.4, -0.2) is 19.1 Å². The van der Waals surface area contributed by atoms with Crippen LogP contribution in [0, 0.1) is 6.92 Å². The minimum atomic E-state index is -0.120. The van der Waals surface area contributed by atoms with E-state index in [1.807, 2.05) is 38.1 Å². The molecule has 0 spiro atoms. The van der Waals surface area contributed by atoms with Gasteiger partial charge in [-0.25, -0.2) is 0 Å². The molecule has 0 saturated heterocycles. The lowest BCUT2D eigenvalue weighted by Gasteiger charge is -2.19. The fourth-order valence-corrected chi connectivity index (χ4v) is 2.40. The zero-order valence-corrected chi connectivity index (χ0v) is 12.8. The molecule has 1 atom stereocenters. The summed E-state index contributed by atoms with van der Waals surface area (Å²) in [7, 11) is 0. The third-order valence-electron chi connectivity index (χ3n) is 3.73. The van der Waals surface area contributed by atoms with Crippen molar-refractivity contribution in [1.29, 1.82) is 0 Å². The van der Waals surface area contributed by atoms with Crippen LogP contribution < -0.4 is 14.8 Å². The number of nitrogens with one attached hydrogen (secondary N) is 1. The van der Waals surface area contributed by atoms with Crippen molar-refractivity contribution in [2.45, 2.75) is 19.9 Å². The van der Waals surface area contributed by atoms with Crippen LogP contribution in [0.15, 0.2) is 42.5 Å². The van der Waals surface area contributed by atoms with Crippen molar-refractivity contribution in [2.75, 3.05) is 13.2 Å². The van der Waals surface area contributed by atoms with Gasteiger partial charge in [0.15, 0.2) is 11.5 Å². The van der Waals surface area contributed by atoms with Crippen molar-refractivity contribution < 1.29 is 14.3 Å². The second-order valence-corrected chi connectivity index (χ2v) is 5.46. The fourth-order valence-electron chi connectivity index (χ4n) is 2.40. The van der Waals surface area contributed by atoms with Gasteiger partial charge < -0.3 is 14.8 Å². The Labute approximate surface area is 130 Å². The van der Waals surface area contributed by atoms with E-state index in [9.17, 15) is 4.79 Å². The smallest absolute Gasteiger partial charge is 0.251 e. The summed E-state index contributed by atoms with van der Waals surface area (Å²) in [6.45, 7) is 5.07. The highest BCUT2D eigenvalue weighted by atomic mass is 16.6. The maximum absolute atomic E-state index is 12.4. The maximum Gasteiger partial charge on any atom is 0.251 e. The third-order valence-corrected chi connectivity index (χ3v) is 3.73. The Morgan fingerprint density at radius 1 is 1.05 bits per heavy atom. The van der Waals surface area contributed by atoms with Crippen LogP contribution >= 0.6 is 0 Å². The molecule has 2 aromatic rings. The van der Waals surface area contributed by atoms with Gasteiger partial charge in [0, 0.05) is 5.56 Å². The molecule has 4 nitrogen and oxygen atoms in total. The number of rotatable bonds is 3. The van der Waals surface area contributed by atoms with E-state index in [-0.39, 0.29) is 11.9 Å². The standard InChI is InChI=1S/C18H19NO3/c1-12-3-5-14(6-4-12)13(2)19-18(20)15-7-8-16-17(11-15)22-10-9-21-16/h3-8,11,13H,9-10H2,1-2H3,(H,19,20)/t13-/m1/s1. The second-order valence-electron chi connectivity index (χ2n) is 5.46. The Morgan fingerprint density at radius 2 is 1.73 bits per heavy atom. The zero-order chi connectivity index (χ0) is 15.5. The highest BCUT2D eigenvalue weighted by molar-refractivity contribution is 5.95. The van der Waals surface area contributed by atoms with E-state index in [0.717, 1.165) is 5.56 Å². The average molecular weight is 297 g/mol. The molecule has 3 rings (SSSR count).